The maximum Gasteiger partial charge on any atom is 0.251 e. The summed E-state index contributed by atoms with van der Waals surface area (Å²) in [4.78, 5) is 23.3. The van der Waals surface area contributed by atoms with Gasteiger partial charge in [-0.3, -0.25) is 9.59 Å². The van der Waals surface area contributed by atoms with Gasteiger partial charge in [-0.1, -0.05) is 22.9 Å². The van der Waals surface area contributed by atoms with E-state index in [1.165, 1.54) is 0 Å². The lowest BCUT2D eigenvalue weighted by atomic mass is 10.0. The molecule has 6 heteroatoms. The van der Waals surface area contributed by atoms with Crippen molar-refractivity contribution in [1.29, 1.82) is 0 Å². The molecule has 0 aliphatic rings. The third-order valence-corrected chi connectivity index (χ3v) is 3.47. The molecule has 0 saturated heterocycles. The van der Waals surface area contributed by atoms with Gasteiger partial charge in [0.2, 0.25) is 5.91 Å². The minimum absolute atomic E-state index is 0.116. The Morgan fingerprint density at radius 2 is 1.85 bits per heavy atom. The molecule has 20 heavy (non-hydrogen) atoms. The van der Waals surface area contributed by atoms with Crippen molar-refractivity contribution in [3.05, 3.63) is 34.3 Å². The zero-order chi connectivity index (χ0) is 15.2. The third kappa shape index (κ3) is 5.71. The van der Waals surface area contributed by atoms with Gasteiger partial charge >= 0.3 is 0 Å². The molecular weight excluding hydrogens is 324 g/mol. The van der Waals surface area contributed by atoms with Gasteiger partial charge in [0, 0.05) is 16.6 Å². The van der Waals surface area contributed by atoms with Gasteiger partial charge in [0.25, 0.3) is 5.91 Å². The largest absolute Gasteiger partial charge is 0.388 e. The first kappa shape index (κ1) is 16.7. The lowest BCUT2D eigenvalue weighted by Gasteiger charge is -2.21. The quantitative estimate of drug-likeness (QED) is 0.732. The number of aliphatic hydroxyl groups is 1. The molecule has 1 aromatic carbocycles. The molecule has 1 unspecified atom stereocenters. The Hall–Kier alpha value is -1.40. The number of amides is 2. The molecule has 0 heterocycles. The minimum Gasteiger partial charge on any atom is -0.388 e. The predicted octanol–water partition coefficient (Wildman–Crippen LogP) is 1.46. The van der Waals surface area contributed by atoms with Gasteiger partial charge in [0.05, 0.1) is 12.1 Å². The van der Waals surface area contributed by atoms with Crippen LogP contribution in [0.5, 0.6) is 0 Å². The number of carbonyl (C=O) groups excluding carboxylic acids is 2. The normalized spacial score (nSPS) is 13.4. The number of halogens is 1. The van der Waals surface area contributed by atoms with Crippen molar-refractivity contribution >= 4 is 27.7 Å². The van der Waals surface area contributed by atoms with Gasteiger partial charge < -0.3 is 15.7 Å². The van der Waals surface area contributed by atoms with Gasteiger partial charge in [0.1, 0.15) is 0 Å². The van der Waals surface area contributed by atoms with Crippen LogP contribution in [-0.2, 0) is 4.79 Å². The highest BCUT2D eigenvalue weighted by Crippen LogP contribution is 2.10. The van der Waals surface area contributed by atoms with Crippen LogP contribution in [0.1, 0.15) is 30.6 Å². The van der Waals surface area contributed by atoms with Crippen molar-refractivity contribution < 1.29 is 14.7 Å². The van der Waals surface area contributed by atoms with Gasteiger partial charge in [-0.15, -0.1) is 0 Å². The fourth-order valence-electron chi connectivity index (χ4n) is 1.34. The summed E-state index contributed by atoms with van der Waals surface area (Å²) in [5, 5.41) is 14.9. The highest BCUT2D eigenvalue weighted by molar-refractivity contribution is 9.10. The third-order valence-electron chi connectivity index (χ3n) is 2.94. The predicted molar refractivity (Wildman–Crippen MR) is 80.4 cm³/mol. The molecule has 0 aromatic heterocycles. The van der Waals surface area contributed by atoms with Crippen LogP contribution in [0, 0.1) is 0 Å². The van der Waals surface area contributed by atoms with E-state index in [0.29, 0.717) is 12.0 Å². The molecule has 0 saturated carbocycles. The average molecular weight is 343 g/mol. The smallest absolute Gasteiger partial charge is 0.251 e. The first-order valence-electron chi connectivity index (χ1n) is 6.37. The summed E-state index contributed by atoms with van der Waals surface area (Å²) in [7, 11) is 0. The summed E-state index contributed by atoms with van der Waals surface area (Å²) < 4.78 is 0.883. The van der Waals surface area contributed by atoms with E-state index in [2.05, 4.69) is 26.6 Å². The number of hydrogen-bond donors (Lipinski definition) is 3. The van der Waals surface area contributed by atoms with Crippen LogP contribution in [0.2, 0.25) is 0 Å². The number of benzene rings is 1. The molecule has 0 spiro atoms. The Bertz CT molecular complexity index is 472. The van der Waals surface area contributed by atoms with Crippen molar-refractivity contribution in [3.63, 3.8) is 0 Å². The summed E-state index contributed by atoms with van der Waals surface area (Å²) in [6.45, 7) is 3.53. The number of hydrogen-bond acceptors (Lipinski definition) is 3. The molecule has 0 aliphatic heterocycles. The molecule has 5 nitrogen and oxygen atoms in total. The Labute approximate surface area is 126 Å². The molecule has 2 amide bonds. The lowest BCUT2D eigenvalue weighted by molar-refractivity contribution is -0.121. The van der Waals surface area contributed by atoms with Gasteiger partial charge in [0.15, 0.2) is 0 Å². The number of carbonyl (C=O) groups is 2. The summed E-state index contributed by atoms with van der Waals surface area (Å²) in [6, 6.07) is 6.85. The van der Waals surface area contributed by atoms with E-state index in [1.807, 2.05) is 6.92 Å². The Morgan fingerprint density at radius 1 is 1.25 bits per heavy atom. The van der Waals surface area contributed by atoms with Crippen molar-refractivity contribution in [2.45, 2.75) is 25.9 Å². The molecule has 1 rings (SSSR count). The summed E-state index contributed by atoms with van der Waals surface area (Å²) in [5.41, 5.74) is -0.438. The van der Waals surface area contributed by atoms with E-state index in [0.717, 1.165) is 4.47 Å². The van der Waals surface area contributed by atoms with Crippen LogP contribution in [-0.4, -0.2) is 35.6 Å². The maximum atomic E-state index is 11.8. The Kier molecular flexibility index (Phi) is 6.16. The second-order valence-corrected chi connectivity index (χ2v) is 5.73. The van der Waals surface area contributed by atoms with Crippen LogP contribution >= 0.6 is 15.9 Å². The summed E-state index contributed by atoms with van der Waals surface area (Å²) in [6.07, 6.45) is 0.540. The fraction of sp³-hybridized carbons (Fsp3) is 0.429. The van der Waals surface area contributed by atoms with Crippen molar-refractivity contribution in [2.75, 3.05) is 13.1 Å². The fourth-order valence-corrected chi connectivity index (χ4v) is 1.60. The monoisotopic (exact) mass is 342 g/mol. The average Bonchev–Trinajstić information content (AvgIpc) is 2.43. The number of nitrogens with one attached hydrogen (secondary N) is 2. The summed E-state index contributed by atoms with van der Waals surface area (Å²) >= 11 is 3.28. The van der Waals surface area contributed by atoms with Crippen molar-refractivity contribution in [1.82, 2.24) is 10.6 Å². The van der Waals surface area contributed by atoms with E-state index < -0.39 is 5.60 Å². The minimum atomic E-state index is -0.925. The molecule has 0 fully saturated rings. The highest BCUT2D eigenvalue weighted by Gasteiger charge is 2.18. The number of rotatable bonds is 6. The van der Waals surface area contributed by atoms with E-state index in [-0.39, 0.29) is 24.9 Å². The second-order valence-electron chi connectivity index (χ2n) is 4.82. The molecule has 0 aliphatic carbocycles. The second kappa shape index (κ2) is 7.40. The maximum absolute atomic E-state index is 11.8. The van der Waals surface area contributed by atoms with Gasteiger partial charge in [-0.25, -0.2) is 0 Å². The van der Waals surface area contributed by atoms with E-state index >= 15 is 0 Å². The summed E-state index contributed by atoms with van der Waals surface area (Å²) in [5.74, 6) is -0.640. The molecule has 1 aromatic rings. The first-order chi connectivity index (χ1) is 9.34. The van der Waals surface area contributed by atoms with Crippen molar-refractivity contribution in [3.8, 4) is 0 Å². The van der Waals surface area contributed by atoms with Gasteiger partial charge in [-0.05, 0) is 37.6 Å². The first-order valence-corrected chi connectivity index (χ1v) is 7.16. The molecular formula is C14H19BrN2O3. The van der Waals surface area contributed by atoms with E-state index in [4.69, 9.17) is 0 Å². The lowest BCUT2D eigenvalue weighted by Crippen LogP contribution is -2.44. The van der Waals surface area contributed by atoms with Crippen LogP contribution < -0.4 is 10.6 Å². The molecule has 0 bridgehead atoms. The standard InChI is InChI=1S/C14H19BrN2O3/c1-3-14(2,20)9-17-12(18)8-16-13(19)10-4-6-11(15)7-5-10/h4-7,20H,3,8-9H2,1-2H3,(H,16,19)(H,17,18). The van der Waals surface area contributed by atoms with Crippen LogP contribution in [0.15, 0.2) is 28.7 Å². The van der Waals surface area contributed by atoms with Gasteiger partial charge in [-0.2, -0.15) is 0 Å². The Morgan fingerprint density at radius 3 is 2.40 bits per heavy atom. The molecule has 3 N–H and O–H groups in total. The van der Waals surface area contributed by atoms with Crippen LogP contribution in [0.3, 0.4) is 0 Å². The molecule has 0 radical (unpaired) electrons. The highest BCUT2D eigenvalue weighted by atomic mass is 79.9. The van der Waals surface area contributed by atoms with E-state index in [1.54, 1.807) is 31.2 Å². The zero-order valence-electron chi connectivity index (χ0n) is 11.6. The zero-order valence-corrected chi connectivity index (χ0v) is 13.2. The Balaban J connectivity index is 2.37. The van der Waals surface area contributed by atoms with Crippen molar-refractivity contribution in [2.24, 2.45) is 0 Å². The molecule has 1 atom stereocenters. The van der Waals surface area contributed by atoms with Crippen LogP contribution in [0.25, 0.3) is 0 Å². The van der Waals surface area contributed by atoms with E-state index in [9.17, 15) is 14.7 Å². The SMILES string of the molecule is CCC(C)(O)CNC(=O)CNC(=O)c1ccc(Br)cc1. The topological polar surface area (TPSA) is 78.4 Å². The van der Waals surface area contributed by atoms with Crippen LogP contribution in [0.4, 0.5) is 0 Å². The molecule has 110 valence electrons.